The first-order valence-electron chi connectivity index (χ1n) is 9.66. The summed E-state index contributed by atoms with van der Waals surface area (Å²) in [5.74, 6) is -0.578. The topological polar surface area (TPSA) is 71.1 Å². The lowest BCUT2D eigenvalue weighted by molar-refractivity contribution is -0.118. The molecule has 1 heterocycles. The van der Waals surface area contributed by atoms with E-state index in [0.717, 1.165) is 21.3 Å². The first-order valence-corrected chi connectivity index (χ1v) is 10.5. The second kappa shape index (κ2) is 8.88. The summed E-state index contributed by atoms with van der Waals surface area (Å²) in [6.07, 6.45) is 0.384. The number of amides is 2. The quantitative estimate of drug-likeness (QED) is 0.484. The van der Waals surface area contributed by atoms with E-state index in [1.807, 2.05) is 61.5 Å². The summed E-state index contributed by atoms with van der Waals surface area (Å²) in [5, 5.41) is 6.27. The SMILES string of the molecule is Cc1ccc2nc(NC(=O)[C@H](Cc3ccccc3)NC(=O)c3ccccc3)sc2c1. The van der Waals surface area contributed by atoms with Gasteiger partial charge in [-0.15, -0.1) is 0 Å². The molecule has 0 saturated heterocycles. The van der Waals surface area contributed by atoms with Gasteiger partial charge >= 0.3 is 0 Å². The fourth-order valence-electron chi connectivity index (χ4n) is 3.17. The number of aromatic nitrogens is 1. The average molecular weight is 416 g/mol. The van der Waals surface area contributed by atoms with Crippen molar-refractivity contribution >= 4 is 38.5 Å². The molecule has 5 nitrogen and oxygen atoms in total. The van der Waals surface area contributed by atoms with Gasteiger partial charge in [-0.2, -0.15) is 0 Å². The summed E-state index contributed by atoms with van der Waals surface area (Å²) < 4.78 is 1.01. The van der Waals surface area contributed by atoms with E-state index in [4.69, 9.17) is 0 Å². The Labute approximate surface area is 178 Å². The van der Waals surface area contributed by atoms with Crippen LogP contribution in [0, 0.1) is 6.92 Å². The van der Waals surface area contributed by atoms with Gasteiger partial charge in [0.1, 0.15) is 6.04 Å². The zero-order valence-electron chi connectivity index (χ0n) is 16.5. The highest BCUT2D eigenvalue weighted by molar-refractivity contribution is 7.22. The number of fused-ring (bicyclic) bond motifs is 1. The highest BCUT2D eigenvalue weighted by Crippen LogP contribution is 2.26. The van der Waals surface area contributed by atoms with Crippen LogP contribution in [0.2, 0.25) is 0 Å². The van der Waals surface area contributed by atoms with Gasteiger partial charge in [-0.1, -0.05) is 65.9 Å². The van der Waals surface area contributed by atoms with Crippen LogP contribution in [-0.2, 0) is 11.2 Å². The molecule has 6 heteroatoms. The van der Waals surface area contributed by atoms with Crippen LogP contribution in [-0.4, -0.2) is 22.8 Å². The standard InChI is InChI=1S/C24H21N3O2S/c1-16-12-13-19-21(14-16)30-24(26-19)27-23(29)20(15-17-8-4-2-5-9-17)25-22(28)18-10-6-3-7-11-18/h2-14,20H,15H2,1H3,(H,25,28)(H,26,27,29)/t20-/m0/s1. The van der Waals surface area contributed by atoms with Crippen molar-refractivity contribution in [1.82, 2.24) is 10.3 Å². The van der Waals surface area contributed by atoms with Gasteiger partial charge in [-0.25, -0.2) is 4.98 Å². The van der Waals surface area contributed by atoms with E-state index in [2.05, 4.69) is 15.6 Å². The molecule has 2 amide bonds. The predicted molar refractivity (Wildman–Crippen MR) is 121 cm³/mol. The summed E-state index contributed by atoms with van der Waals surface area (Å²) in [7, 11) is 0. The van der Waals surface area contributed by atoms with Crippen LogP contribution in [0.1, 0.15) is 21.5 Å². The second-order valence-corrected chi connectivity index (χ2v) is 8.09. The van der Waals surface area contributed by atoms with E-state index in [-0.39, 0.29) is 11.8 Å². The lowest BCUT2D eigenvalue weighted by Crippen LogP contribution is -2.45. The van der Waals surface area contributed by atoms with E-state index in [0.29, 0.717) is 17.1 Å². The van der Waals surface area contributed by atoms with Crippen molar-refractivity contribution in [2.75, 3.05) is 5.32 Å². The molecule has 1 aromatic heterocycles. The highest BCUT2D eigenvalue weighted by atomic mass is 32.1. The molecular formula is C24H21N3O2S. The first kappa shape index (κ1) is 19.8. The van der Waals surface area contributed by atoms with Crippen molar-refractivity contribution in [1.29, 1.82) is 0 Å². The Hall–Kier alpha value is -3.51. The number of carbonyl (C=O) groups excluding carboxylic acids is 2. The average Bonchev–Trinajstić information content (AvgIpc) is 3.15. The Kier molecular flexibility index (Phi) is 5.86. The van der Waals surface area contributed by atoms with Gasteiger partial charge in [0.25, 0.3) is 5.91 Å². The Bertz CT molecular complexity index is 1170. The zero-order chi connectivity index (χ0) is 20.9. The molecule has 0 aliphatic rings. The molecule has 1 atom stereocenters. The summed E-state index contributed by atoms with van der Waals surface area (Å²) >= 11 is 1.42. The Balaban J connectivity index is 1.55. The minimum absolute atomic E-state index is 0.286. The van der Waals surface area contributed by atoms with Gasteiger partial charge < -0.3 is 10.6 Å². The molecular weight excluding hydrogens is 394 g/mol. The Morgan fingerprint density at radius 2 is 1.67 bits per heavy atom. The molecule has 0 spiro atoms. The summed E-state index contributed by atoms with van der Waals surface area (Å²) in [6.45, 7) is 2.02. The molecule has 30 heavy (non-hydrogen) atoms. The van der Waals surface area contributed by atoms with Crippen molar-refractivity contribution in [3.63, 3.8) is 0 Å². The van der Waals surface area contributed by atoms with Crippen LogP contribution in [0.4, 0.5) is 5.13 Å². The van der Waals surface area contributed by atoms with Gasteiger partial charge in [0, 0.05) is 12.0 Å². The van der Waals surface area contributed by atoms with Crippen LogP contribution in [0.25, 0.3) is 10.2 Å². The van der Waals surface area contributed by atoms with Crippen LogP contribution in [0.3, 0.4) is 0 Å². The normalized spacial score (nSPS) is 11.8. The number of rotatable bonds is 6. The number of hydrogen-bond donors (Lipinski definition) is 2. The molecule has 0 fully saturated rings. The zero-order valence-corrected chi connectivity index (χ0v) is 17.3. The maximum Gasteiger partial charge on any atom is 0.251 e. The largest absolute Gasteiger partial charge is 0.340 e. The number of thiazole rings is 1. The summed E-state index contributed by atoms with van der Waals surface area (Å²) in [6, 6.07) is 23.8. The predicted octanol–water partition coefficient (Wildman–Crippen LogP) is 4.58. The molecule has 150 valence electrons. The monoisotopic (exact) mass is 415 g/mol. The van der Waals surface area contributed by atoms with Crippen molar-refractivity contribution in [2.45, 2.75) is 19.4 Å². The van der Waals surface area contributed by atoms with Crippen molar-refractivity contribution in [3.8, 4) is 0 Å². The molecule has 2 N–H and O–H groups in total. The van der Waals surface area contributed by atoms with Gasteiger partial charge in [0.05, 0.1) is 10.2 Å². The minimum atomic E-state index is -0.728. The van der Waals surface area contributed by atoms with Gasteiger partial charge in [-0.05, 0) is 42.3 Å². The number of aryl methyl sites for hydroxylation is 1. The highest BCUT2D eigenvalue weighted by Gasteiger charge is 2.23. The number of nitrogens with one attached hydrogen (secondary N) is 2. The van der Waals surface area contributed by atoms with Crippen molar-refractivity contribution < 1.29 is 9.59 Å². The molecule has 3 aromatic carbocycles. The molecule has 0 aliphatic carbocycles. The van der Waals surface area contributed by atoms with E-state index >= 15 is 0 Å². The van der Waals surface area contributed by atoms with Crippen LogP contribution >= 0.6 is 11.3 Å². The lowest BCUT2D eigenvalue weighted by atomic mass is 10.0. The first-order chi connectivity index (χ1) is 14.6. The molecule has 4 aromatic rings. The van der Waals surface area contributed by atoms with Gasteiger partial charge in [-0.3, -0.25) is 9.59 Å². The fourth-order valence-corrected chi connectivity index (χ4v) is 4.13. The van der Waals surface area contributed by atoms with E-state index in [9.17, 15) is 9.59 Å². The Morgan fingerprint density at radius 1 is 0.967 bits per heavy atom. The molecule has 4 rings (SSSR count). The maximum atomic E-state index is 13.1. The lowest BCUT2D eigenvalue weighted by Gasteiger charge is -2.18. The van der Waals surface area contributed by atoms with Crippen LogP contribution in [0.5, 0.6) is 0 Å². The molecule has 0 radical (unpaired) electrons. The number of nitrogens with zero attached hydrogens (tertiary/aromatic N) is 1. The van der Waals surface area contributed by atoms with Gasteiger partial charge in [0.2, 0.25) is 5.91 Å². The Morgan fingerprint density at radius 3 is 2.40 bits per heavy atom. The third kappa shape index (κ3) is 4.72. The summed E-state index contributed by atoms with van der Waals surface area (Å²) in [4.78, 5) is 30.2. The molecule has 0 bridgehead atoms. The molecule has 0 saturated carbocycles. The smallest absolute Gasteiger partial charge is 0.251 e. The van der Waals surface area contributed by atoms with Crippen LogP contribution < -0.4 is 10.6 Å². The van der Waals surface area contributed by atoms with E-state index in [1.165, 1.54) is 11.3 Å². The third-order valence-electron chi connectivity index (χ3n) is 4.71. The number of carbonyl (C=O) groups is 2. The number of anilines is 1. The van der Waals surface area contributed by atoms with E-state index < -0.39 is 6.04 Å². The number of hydrogen-bond acceptors (Lipinski definition) is 4. The maximum absolute atomic E-state index is 13.1. The third-order valence-corrected chi connectivity index (χ3v) is 5.65. The van der Waals surface area contributed by atoms with Crippen molar-refractivity contribution in [3.05, 3.63) is 95.6 Å². The summed E-state index contributed by atoms with van der Waals surface area (Å²) in [5.41, 5.74) is 3.46. The van der Waals surface area contributed by atoms with E-state index in [1.54, 1.807) is 24.3 Å². The van der Waals surface area contributed by atoms with Crippen molar-refractivity contribution in [2.24, 2.45) is 0 Å². The minimum Gasteiger partial charge on any atom is -0.340 e. The molecule has 0 unspecified atom stereocenters. The van der Waals surface area contributed by atoms with Crippen LogP contribution in [0.15, 0.2) is 78.9 Å². The second-order valence-electron chi connectivity index (χ2n) is 7.06. The van der Waals surface area contributed by atoms with Gasteiger partial charge in [0.15, 0.2) is 5.13 Å². The number of benzene rings is 3. The fraction of sp³-hybridized carbons (Fsp3) is 0.125. The molecule has 0 aliphatic heterocycles.